The number of rotatable bonds is 14. The molecule has 0 aliphatic heterocycles. The zero-order chi connectivity index (χ0) is 27.6. The van der Waals surface area contributed by atoms with E-state index in [0.29, 0.717) is 0 Å². The van der Waals surface area contributed by atoms with E-state index in [0.717, 1.165) is 80.3 Å². The average molecular weight is 639 g/mol. The fourth-order valence-electron chi connectivity index (χ4n) is 4.58. The van der Waals surface area contributed by atoms with E-state index in [1.807, 2.05) is 0 Å². The quantitative estimate of drug-likeness (QED) is 0.152. The van der Waals surface area contributed by atoms with Crippen LogP contribution in [0.2, 0.25) is 0 Å². The lowest BCUT2D eigenvalue weighted by Crippen LogP contribution is -2.18. The van der Waals surface area contributed by atoms with E-state index >= 15 is 0 Å². The van der Waals surface area contributed by atoms with E-state index < -0.39 is 0 Å². The van der Waals surface area contributed by atoms with Gasteiger partial charge in [0.25, 0.3) is 0 Å². The Balaban J connectivity index is 2.68. The molecule has 0 fully saturated rings. The molecule has 0 radical (unpaired) electrons. The molecule has 0 aromatic heterocycles. The molecular weight excluding hydrogens is 588 g/mol. The van der Waals surface area contributed by atoms with Crippen molar-refractivity contribution in [2.24, 2.45) is 0 Å². The van der Waals surface area contributed by atoms with Crippen LogP contribution >= 0.6 is 31.9 Å². The minimum atomic E-state index is 0.00152. The van der Waals surface area contributed by atoms with Crippen LogP contribution < -0.4 is 9.47 Å². The molecule has 4 heteroatoms. The second kappa shape index (κ2) is 15.0. The number of unbranched alkanes of at least 4 members (excludes halogenated alkanes) is 2. The van der Waals surface area contributed by atoms with Gasteiger partial charge < -0.3 is 9.47 Å². The van der Waals surface area contributed by atoms with E-state index in [1.165, 1.54) is 33.4 Å². The number of halogens is 2. The molecule has 0 unspecified atom stereocenters. The van der Waals surface area contributed by atoms with Crippen LogP contribution in [0.25, 0.3) is 0 Å². The topological polar surface area (TPSA) is 18.5 Å². The van der Waals surface area contributed by atoms with E-state index in [1.54, 1.807) is 0 Å². The zero-order valence-electron chi connectivity index (χ0n) is 24.7. The van der Waals surface area contributed by atoms with Crippen molar-refractivity contribution in [3.8, 4) is 11.5 Å². The van der Waals surface area contributed by atoms with Crippen molar-refractivity contribution >= 4 is 31.9 Å². The predicted octanol–water partition coefficient (Wildman–Crippen LogP) is 10.1. The second-order valence-electron chi connectivity index (χ2n) is 12.1. The Hall–Kier alpha value is -1.00. The summed E-state index contributed by atoms with van der Waals surface area (Å²) in [6, 6.07) is 9.48. The lowest BCUT2D eigenvalue weighted by Gasteiger charge is -2.28. The summed E-state index contributed by atoms with van der Waals surface area (Å²) in [5, 5.41) is 2.03. The maximum atomic E-state index is 6.61. The summed E-state index contributed by atoms with van der Waals surface area (Å²) in [7, 11) is 0. The first-order chi connectivity index (χ1) is 17.5. The van der Waals surface area contributed by atoms with Gasteiger partial charge in [0.15, 0.2) is 0 Å². The van der Waals surface area contributed by atoms with Gasteiger partial charge in [0.1, 0.15) is 11.5 Å². The number of benzene rings is 2. The van der Waals surface area contributed by atoms with Gasteiger partial charge in [-0.2, -0.15) is 0 Å². The summed E-state index contributed by atoms with van der Waals surface area (Å²) in [6.45, 7) is 19.8. The molecule has 0 heterocycles. The van der Waals surface area contributed by atoms with Crippen LogP contribution in [0.4, 0.5) is 0 Å². The summed E-state index contributed by atoms with van der Waals surface area (Å²) in [4.78, 5) is 0. The Morgan fingerprint density at radius 1 is 0.595 bits per heavy atom. The monoisotopic (exact) mass is 636 g/mol. The molecule has 0 saturated heterocycles. The molecule has 0 N–H and O–H groups in total. The third-order valence-corrected chi connectivity index (χ3v) is 7.93. The van der Waals surface area contributed by atoms with Crippen LogP contribution in [0, 0.1) is 0 Å². The van der Waals surface area contributed by atoms with Crippen molar-refractivity contribution < 1.29 is 9.47 Å². The Bertz CT molecular complexity index is 904. The standard InChI is InChI=1S/C33H50Br2O2/c1-9-24-19-26(30(36-17-13-11-15-34)28(21-24)32(3,4)5)23-27-20-25(10-2)22-29(33(6,7)8)31(27)37-18-14-12-16-35/h19-22H,9-18,23H2,1-8H3. The van der Waals surface area contributed by atoms with Crippen LogP contribution in [-0.2, 0) is 30.1 Å². The van der Waals surface area contributed by atoms with Crippen molar-refractivity contribution in [1.82, 2.24) is 0 Å². The molecule has 0 aliphatic rings. The van der Waals surface area contributed by atoms with Gasteiger partial charge in [-0.15, -0.1) is 0 Å². The Morgan fingerprint density at radius 3 is 1.27 bits per heavy atom. The molecule has 2 aromatic rings. The summed E-state index contributed by atoms with van der Waals surface area (Å²) in [5.41, 5.74) is 7.92. The fourth-order valence-corrected chi connectivity index (χ4v) is 5.38. The van der Waals surface area contributed by atoms with Crippen molar-refractivity contribution in [2.75, 3.05) is 23.9 Å². The van der Waals surface area contributed by atoms with E-state index in [-0.39, 0.29) is 10.8 Å². The number of aryl methyl sites for hydroxylation is 2. The lowest BCUT2D eigenvalue weighted by atomic mass is 9.81. The zero-order valence-corrected chi connectivity index (χ0v) is 27.8. The van der Waals surface area contributed by atoms with Gasteiger partial charge in [-0.3, -0.25) is 0 Å². The number of alkyl halides is 2. The van der Waals surface area contributed by atoms with Gasteiger partial charge >= 0.3 is 0 Å². The number of hydrogen-bond donors (Lipinski definition) is 0. The van der Waals surface area contributed by atoms with Gasteiger partial charge in [0.2, 0.25) is 0 Å². The van der Waals surface area contributed by atoms with Crippen molar-refractivity contribution in [2.45, 2.75) is 111 Å². The second-order valence-corrected chi connectivity index (χ2v) is 13.7. The average Bonchev–Trinajstić information content (AvgIpc) is 2.83. The fraction of sp³-hybridized carbons (Fsp3) is 0.636. The molecule has 0 amide bonds. The third-order valence-electron chi connectivity index (χ3n) is 6.81. The molecule has 0 bridgehead atoms. The van der Waals surface area contributed by atoms with Gasteiger partial charge in [-0.05, 0) is 71.6 Å². The maximum Gasteiger partial charge on any atom is 0.126 e. The predicted molar refractivity (Wildman–Crippen MR) is 169 cm³/mol. The highest BCUT2D eigenvalue weighted by Crippen LogP contribution is 2.41. The van der Waals surface area contributed by atoms with Gasteiger partial charge in [0.05, 0.1) is 13.2 Å². The Morgan fingerprint density at radius 2 is 0.973 bits per heavy atom. The molecule has 2 nitrogen and oxygen atoms in total. The number of hydrogen-bond acceptors (Lipinski definition) is 2. The van der Waals surface area contributed by atoms with Crippen LogP contribution in [0.1, 0.15) is 114 Å². The smallest absolute Gasteiger partial charge is 0.126 e. The third kappa shape index (κ3) is 9.60. The molecule has 0 aliphatic carbocycles. The first kappa shape index (κ1) is 32.2. The molecule has 2 rings (SSSR count). The van der Waals surface area contributed by atoms with E-state index in [4.69, 9.17) is 9.47 Å². The van der Waals surface area contributed by atoms with Crippen LogP contribution in [0.15, 0.2) is 24.3 Å². The highest BCUT2D eigenvalue weighted by molar-refractivity contribution is 9.09. The van der Waals surface area contributed by atoms with Crippen molar-refractivity contribution in [1.29, 1.82) is 0 Å². The van der Waals surface area contributed by atoms with Gasteiger partial charge in [-0.1, -0.05) is 112 Å². The number of ether oxygens (including phenoxy) is 2. The molecule has 2 aromatic carbocycles. The van der Waals surface area contributed by atoms with E-state index in [9.17, 15) is 0 Å². The molecule has 0 saturated carbocycles. The van der Waals surface area contributed by atoms with Crippen LogP contribution in [0.3, 0.4) is 0 Å². The highest BCUT2D eigenvalue weighted by Gasteiger charge is 2.26. The molecule has 37 heavy (non-hydrogen) atoms. The molecule has 0 atom stereocenters. The summed E-state index contributed by atoms with van der Waals surface area (Å²) in [5.74, 6) is 2.15. The minimum absolute atomic E-state index is 0.00152. The normalized spacial score (nSPS) is 12.2. The Labute approximate surface area is 244 Å². The van der Waals surface area contributed by atoms with Crippen molar-refractivity contribution in [3.05, 3.63) is 57.6 Å². The van der Waals surface area contributed by atoms with Crippen molar-refractivity contribution in [3.63, 3.8) is 0 Å². The SMILES string of the molecule is CCc1cc(Cc2cc(CC)cc(C(C)(C)C)c2OCCCCBr)c(OCCCCBr)c(C(C)(C)C)c1. The molecule has 0 spiro atoms. The lowest BCUT2D eigenvalue weighted by molar-refractivity contribution is 0.295. The molecule has 208 valence electrons. The van der Waals surface area contributed by atoms with Crippen LogP contribution in [-0.4, -0.2) is 23.9 Å². The summed E-state index contributed by atoms with van der Waals surface area (Å²) >= 11 is 7.12. The molecular formula is C33H50Br2O2. The van der Waals surface area contributed by atoms with Gasteiger partial charge in [-0.25, -0.2) is 0 Å². The summed E-state index contributed by atoms with van der Waals surface area (Å²) < 4.78 is 13.2. The summed E-state index contributed by atoms with van der Waals surface area (Å²) in [6.07, 6.45) is 7.17. The first-order valence-corrected chi connectivity index (χ1v) is 16.4. The first-order valence-electron chi connectivity index (χ1n) is 14.2. The largest absolute Gasteiger partial charge is 0.493 e. The van der Waals surface area contributed by atoms with E-state index in [2.05, 4.69) is 112 Å². The van der Waals surface area contributed by atoms with Gasteiger partial charge in [0, 0.05) is 28.2 Å². The highest BCUT2D eigenvalue weighted by atomic mass is 79.9. The minimum Gasteiger partial charge on any atom is -0.493 e. The maximum absolute atomic E-state index is 6.61. The van der Waals surface area contributed by atoms with Crippen LogP contribution in [0.5, 0.6) is 11.5 Å². The Kier molecular flexibility index (Phi) is 13.0.